The van der Waals surface area contributed by atoms with Crippen LogP contribution in [-0.4, -0.2) is 91.2 Å². The first-order chi connectivity index (χ1) is 25.1. The summed E-state index contributed by atoms with van der Waals surface area (Å²) >= 11 is 0. The molecule has 2 aromatic rings. The summed E-state index contributed by atoms with van der Waals surface area (Å²) in [5, 5.41) is 7.20. The van der Waals surface area contributed by atoms with Gasteiger partial charge in [-0.1, -0.05) is 32.6 Å². The summed E-state index contributed by atoms with van der Waals surface area (Å²) in [6.45, 7) is 7.05. The van der Waals surface area contributed by atoms with Crippen LogP contribution in [-0.2, 0) is 33.6 Å². The summed E-state index contributed by atoms with van der Waals surface area (Å²) < 4.78 is 49.6. The molecule has 3 saturated carbocycles. The molecular formula is C37H51N5O10S. The summed E-state index contributed by atoms with van der Waals surface area (Å²) in [5.74, 6) is -1.54. The number of carbonyl (C=O) groups is 4. The van der Waals surface area contributed by atoms with Crippen LogP contribution < -0.4 is 24.8 Å². The third-order valence-electron chi connectivity index (χ3n) is 10.5. The molecule has 5 atom stereocenters. The summed E-state index contributed by atoms with van der Waals surface area (Å²) in [6.07, 6.45) is 5.84. The van der Waals surface area contributed by atoms with E-state index in [1.54, 1.807) is 40.1 Å². The van der Waals surface area contributed by atoms with Gasteiger partial charge in [0.15, 0.2) is 0 Å². The van der Waals surface area contributed by atoms with E-state index in [2.05, 4.69) is 15.6 Å². The highest BCUT2D eigenvalue weighted by atomic mass is 32.2. The first kappa shape index (κ1) is 38.5. The van der Waals surface area contributed by atoms with Crippen LogP contribution >= 0.6 is 0 Å². The van der Waals surface area contributed by atoms with Crippen molar-refractivity contribution in [3.63, 3.8) is 0 Å². The molecule has 4 amide bonds. The lowest BCUT2D eigenvalue weighted by Gasteiger charge is -2.35. The van der Waals surface area contributed by atoms with Gasteiger partial charge >= 0.3 is 16.4 Å². The Balaban J connectivity index is 1.28. The number of rotatable bonds is 13. The van der Waals surface area contributed by atoms with Crippen molar-refractivity contribution >= 4 is 44.9 Å². The minimum atomic E-state index is -4.39. The van der Waals surface area contributed by atoms with Gasteiger partial charge < -0.3 is 29.7 Å². The highest BCUT2D eigenvalue weighted by molar-refractivity contribution is 7.85. The molecule has 1 aromatic carbocycles. The number of likely N-dealkylation sites (tertiary alicyclic amines) is 1. The average Bonchev–Trinajstić information content (AvgIpc) is 4.02. The van der Waals surface area contributed by atoms with Crippen LogP contribution in [0.25, 0.3) is 10.8 Å². The van der Waals surface area contributed by atoms with Crippen molar-refractivity contribution in [3.8, 4) is 11.6 Å². The third kappa shape index (κ3) is 9.14. The molecular weight excluding hydrogens is 706 g/mol. The van der Waals surface area contributed by atoms with Crippen LogP contribution in [0, 0.1) is 11.8 Å². The fourth-order valence-electron chi connectivity index (χ4n) is 7.53. The molecule has 4 fully saturated rings. The normalized spacial score (nSPS) is 25.3. The number of aromatic nitrogens is 1. The van der Waals surface area contributed by atoms with Crippen molar-refractivity contribution < 1.29 is 46.0 Å². The van der Waals surface area contributed by atoms with E-state index in [4.69, 9.17) is 18.4 Å². The van der Waals surface area contributed by atoms with Crippen molar-refractivity contribution in [1.29, 1.82) is 0 Å². The van der Waals surface area contributed by atoms with Gasteiger partial charge in [-0.2, -0.15) is 8.42 Å². The molecule has 3 N–H and O–H groups in total. The maximum atomic E-state index is 14.7. The number of hydrogen-bond acceptors (Lipinski definition) is 11. The largest absolute Gasteiger partial charge is 0.497 e. The predicted octanol–water partition coefficient (Wildman–Crippen LogP) is 3.89. The maximum Gasteiger partial charge on any atom is 0.408 e. The molecule has 15 nitrogen and oxygen atoms in total. The van der Waals surface area contributed by atoms with E-state index in [0.29, 0.717) is 49.1 Å². The van der Waals surface area contributed by atoms with Crippen molar-refractivity contribution in [1.82, 2.24) is 25.2 Å². The van der Waals surface area contributed by atoms with Crippen molar-refractivity contribution in [3.05, 3.63) is 30.5 Å². The molecule has 1 aliphatic heterocycles. The predicted molar refractivity (Wildman–Crippen MR) is 193 cm³/mol. The molecule has 1 saturated heterocycles. The van der Waals surface area contributed by atoms with E-state index in [-0.39, 0.29) is 31.2 Å². The molecule has 1 aromatic heterocycles. The maximum absolute atomic E-state index is 14.7. The summed E-state index contributed by atoms with van der Waals surface area (Å²) in [6, 6.07) is 5.19. The SMILES string of the molecule is CCC1C[C@]1(NC(=O)[C@@H]1C[C@@H](Oc2nccc3cc(OC)ccc23)CN1C(=O)[C@@H](NC(=O)OC(C)(C)C)C1CCCCC1)C(=O)NS(=O)(=O)OC1CC1. The molecule has 2 heterocycles. The zero-order chi connectivity index (χ0) is 38.1. The van der Waals surface area contributed by atoms with Gasteiger partial charge in [0.25, 0.3) is 5.91 Å². The van der Waals surface area contributed by atoms with E-state index >= 15 is 0 Å². The number of hydrogen-bond donors (Lipinski definition) is 3. The van der Waals surface area contributed by atoms with E-state index < -0.39 is 69.6 Å². The minimum Gasteiger partial charge on any atom is -0.497 e. The van der Waals surface area contributed by atoms with Gasteiger partial charge in [-0.05, 0) is 94.4 Å². The Morgan fingerprint density at radius 3 is 2.42 bits per heavy atom. The number of nitrogens with zero attached hydrogens (tertiary/aromatic N) is 2. The van der Waals surface area contributed by atoms with Crippen LogP contribution in [0.1, 0.15) is 91.9 Å². The van der Waals surface area contributed by atoms with Crippen LogP contribution in [0.15, 0.2) is 30.5 Å². The lowest BCUT2D eigenvalue weighted by Crippen LogP contribution is -2.59. The fourth-order valence-corrected chi connectivity index (χ4v) is 8.54. The Kier molecular flexibility index (Phi) is 11.1. The second kappa shape index (κ2) is 15.3. The highest BCUT2D eigenvalue weighted by Gasteiger charge is 2.62. The Morgan fingerprint density at radius 1 is 1.04 bits per heavy atom. The van der Waals surface area contributed by atoms with Crippen LogP contribution in [0.5, 0.6) is 11.6 Å². The average molecular weight is 758 g/mol. The Morgan fingerprint density at radius 2 is 1.77 bits per heavy atom. The lowest BCUT2D eigenvalue weighted by molar-refractivity contribution is -0.142. The zero-order valence-electron chi connectivity index (χ0n) is 31.0. The molecule has 1 unspecified atom stereocenters. The number of methoxy groups -OCH3 is 1. The molecule has 6 rings (SSSR count). The van der Waals surface area contributed by atoms with E-state index in [0.717, 1.165) is 24.6 Å². The third-order valence-corrected chi connectivity index (χ3v) is 11.4. The number of fused-ring (bicyclic) bond motifs is 1. The van der Waals surface area contributed by atoms with Crippen molar-refractivity contribution in [2.45, 2.75) is 127 Å². The van der Waals surface area contributed by atoms with Crippen LogP contribution in [0.2, 0.25) is 0 Å². The fraction of sp³-hybridized carbons (Fsp3) is 0.649. The summed E-state index contributed by atoms with van der Waals surface area (Å²) in [4.78, 5) is 61.6. The molecule has 0 spiro atoms. The second-order valence-corrected chi connectivity index (χ2v) is 17.0. The molecule has 53 heavy (non-hydrogen) atoms. The smallest absolute Gasteiger partial charge is 0.408 e. The standard InChI is InChI=1S/C37H51N5O10S/c1-6-24-20-37(24,34(45)41-53(47,48)52-25-12-13-25)40-31(43)29-19-27(50-32-28-15-14-26(49-5)18-23(28)16-17-38-32)21-42(29)33(44)30(22-10-8-7-9-11-22)39-35(46)51-36(2,3)4/h14-18,22,24-25,27,29-30H,6-13,19-21H2,1-5H3,(H,39,46)(H,40,43)(H,41,45)/t24?,27-,29+,30+,37-/m1/s1. The monoisotopic (exact) mass is 757 g/mol. The highest BCUT2D eigenvalue weighted by Crippen LogP contribution is 2.47. The minimum absolute atomic E-state index is 0.00955. The van der Waals surface area contributed by atoms with E-state index in [1.165, 1.54) is 4.90 Å². The second-order valence-electron chi connectivity index (χ2n) is 15.7. The van der Waals surface area contributed by atoms with E-state index in [1.807, 2.05) is 29.8 Å². The Bertz CT molecular complexity index is 1820. The van der Waals surface area contributed by atoms with E-state index in [9.17, 15) is 27.6 Å². The number of ether oxygens (including phenoxy) is 3. The van der Waals surface area contributed by atoms with Gasteiger partial charge in [-0.25, -0.2) is 14.5 Å². The van der Waals surface area contributed by atoms with Gasteiger partial charge in [-0.3, -0.25) is 18.6 Å². The lowest BCUT2D eigenvalue weighted by atomic mass is 9.83. The summed E-state index contributed by atoms with van der Waals surface area (Å²) in [7, 11) is -2.81. The number of carbonyl (C=O) groups excluding carboxylic acids is 4. The van der Waals surface area contributed by atoms with Gasteiger partial charge in [-0.15, -0.1) is 0 Å². The molecule has 3 aliphatic carbocycles. The zero-order valence-corrected chi connectivity index (χ0v) is 31.8. The molecule has 290 valence electrons. The molecule has 16 heteroatoms. The number of pyridine rings is 1. The summed E-state index contributed by atoms with van der Waals surface area (Å²) in [5.41, 5.74) is -2.31. The van der Waals surface area contributed by atoms with Gasteiger partial charge in [0.2, 0.25) is 17.7 Å². The number of benzene rings is 1. The Hall–Kier alpha value is -4.18. The van der Waals surface area contributed by atoms with Gasteiger partial charge in [0.1, 0.15) is 35.1 Å². The number of amides is 4. The Labute approximate surface area is 310 Å². The first-order valence-corrected chi connectivity index (χ1v) is 20.0. The van der Waals surface area contributed by atoms with Crippen LogP contribution in [0.4, 0.5) is 4.79 Å². The molecule has 0 bridgehead atoms. The van der Waals surface area contributed by atoms with Crippen molar-refractivity contribution in [2.75, 3.05) is 13.7 Å². The molecule has 4 aliphatic rings. The number of nitrogens with one attached hydrogen (secondary N) is 3. The molecule has 0 radical (unpaired) electrons. The van der Waals surface area contributed by atoms with Gasteiger partial charge in [0.05, 0.1) is 19.8 Å². The quantitative estimate of drug-likeness (QED) is 0.269. The van der Waals surface area contributed by atoms with Crippen LogP contribution in [0.3, 0.4) is 0 Å². The topological polar surface area (TPSA) is 192 Å². The van der Waals surface area contributed by atoms with Gasteiger partial charge in [0, 0.05) is 18.0 Å². The number of alkyl carbamates (subject to hydrolysis) is 1. The first-order valence-electron chi connectivity index (χ1n) is 18.6. The van der Waals surface area contributed by atoms with Crippen molar-refractivity contribution in [2.24, 2.45) is 11.8 Å².